The Bertz CT molecular complexity index is 955. The summed E-state index contributed by atoms with van der Waals surface area (Å²) in [5.74, 6) is -2.13. The maximum atomic E-state index is 12.2. The number of fused-ring (bicyclic) bond motifs is 3. The molecule has 2 aromatic rings. The molecule has 1 aliphatic carbocycles. The lowest BCUT2D eigenvalue weighted by Crippen LogP contribution is -2.22. The van der Waals surface area contributed by atoms with E-state index in [1.165, 1.54) is 13.2 Å². The minimum absolute atomic E-state index is 0.0824. The van der Waals surface area contributed by atoms with Crippen LogP contribution in [0.1, 0.15) is 33.8 Å². The van der Waals surface area contributed by atoms with Gasteiger partial charge in [0.1, 0.15) is 41.3 Å². The number of rotatable bonds is 5. The Morgan fingerprint density at radius 1 is 1.24 bits per heavy atom. The molecule has 0 radical (unpaired) electrons. The van der Waals surface area contributed by atoms with E-state index in [-0.39, 0.29) is 59.0 Å². The van der Waals surface area contributed by atoms with E-state index in [4.69, 9.17) is 9.15 Å². The Hall–Kier alpha value is -3.00. The maximum Gasteiger partial charge on any atom is 0.347 e. The number of aryl methyl sites for hydroxylation is 1. The molecule has 0 spiro atoms. The fourth-order valence-corrected chi connectivity index (χ4v) is 3.20. The van der Waals surface area contributed by atoms with Crippen LogP contribution in [0.3, 0.4) is 0 Å². The van der Waals surface area contributed by atoms with E-state index in [0.29, 0.717) is 5.56 Å². The highest BCUT2D eigenvalue weighted by Gasteiger charge is 2.33. The molecule has 0 saturated carbocycles. The lowest BCUT2D eigenvalue weighted by atomic mass is 9.91. The summed E-state index contributed by atoms with van der Waals surface area (Å²) in [6, 6.07) is 1.19. The summed E-state index contributed by atoms with van der Waals surface area (Å²) in [7, 11) is 1.33. The van der Waals surface area contributed by atoms with Crippen molar-refractivity contribution in [3.05, 3.63) is 33.2 Å². The highest BCUT2D eigenvalue weighted by Crippen LogP contribution is 2.42. The largest absolute Gasteiger partial charge is 0.507 e. The molecule has 0 fully saturated rings. The van der Waals surface area contributed by atoms with Crippen molar-refractivity contribution in [2.45, 2.75) is 24.9 Å². The molecular weight excluding hydrogens is 332 g/mol. The SMILES string of the molecule is COc1cc(O)c([C@@H](C=O)[C@@H](O)C=O)c2oc(=O)c3c(c12)CCC3=O. The molecule has 1 aliphatic rings. The van der Waals surface area contributed by atoms with Crippen molar-refractivity contribution < 1.29 is 33.8 Å². The molecule has 2 atom stereocenters. The quantitative estimate of drug-likeness (QED) is 0.590. The molecule has 0 amide bonds. The van der Waals surface area contributed by atoms with Gasteiger partial charge in [0.25, 0.3) is 0 Å². The van der Waals surface area contributed by atoms with Crippen LogP contribution in [0.15, 0.2) is 15.3 Å². The number of aliphatic hydroxyl groups excluding tert-OH is 1. The van der Waals surface area contributed by atoms with Gasteiger partial charge in [0, 0.05) is 12.5 Å². The summed E-state index contributed by atoms with van der Waals surface area (Å²) in [6.45, 7) is 0. The van der Waals surface area contributed by atoms with Crippen LogP contribution in [0.25, 0.3) is 11.0 Å². The van der Waals surface area contributed by atoms with Gasteiger partial charge in [-0.1, -0.05) is 0 Å². The molecule has 2 N–H and O–H groups in total. The third-order valence-electron chi connectivity index (χ3n) is 4.35. The molecule has 0 saturated heterocycles. The van der Waals surface area contributed by atoms with E-state index >= 15 is 0 Å². The molecule has 1 aromatic heterocycles. The average molecular weight is 346 g/mol. The van der Waals surface area contributed by atoms with Crippen molar-refractivity contribution >= 4 is 29.3 Å². The van der Waals surface area contributed by atoms with Crippen molar-refractivity contribution in [3.8, 4) is 11.5 Å². The van der Waals surface area contributed by atoms with E-state index in [1.54, 1.807) is 0 Å². The zero-order chi connectivity index (χ0) is 18.3. The number of hydrogen-bond donors (Lipinski definition) is 2. The van der Waals surface area contributed by atoms with Gasteiger partial charge >= 0.3 is 5.63 Å². The van der Waals surface area contributed by atoms with Crippen LogP contribution < -0.4 is 10.4 Å². The second kappa shape index (κ2) is 6.14. The number of Topliss-reactive ketones (excluding diaryl/α,β-unsaturated/α-hetero) is 1. The standard InChI is InChI=1S/C17H14O8/c1-24-12-4-10(21)13(8(5-18)11(22)6-19)16-15(12)7-2-3-9(20)14(7)17(23)25-16/h4-6,8,11,21-22H,2-3H2,1H3/t8-,11-/m0/s1. The van der Waals surface area contributed by atoms with Crippen LogP contribution in [0, 0.1) is 0 Å². The Labute approximate surface area is 140 Å². The number of ether oxygens (including phenoxy) is 1. The third-order valence-corrected chi connectivity index (χ3v) is 4.35. The van der Waals surface area contributed by atoms with Gasteiger partial charge in [0.15, 0.2) is 5.78 Å². The molecule has 0 unspecified atom stereocenters. The molecule has 3 rings (SSSR count). The molecule has 8 nitrogen and oxygen atoms in total. The third kappa shape index (κ3) is 2.42. The van der Waals surface area contributed by atoms with E-state index < -0.39 is 23.4 Å². The lowest BCUT2D eigenvalue weighted by molar-refractivity contribution is -0.120. The second-order valence-electron chi connectivity index (χ2n) is 5.67. The molecule has 0 aliphatic heterocycles. The lowest BCUT2D eigenvalue weighted by Gasteiger charge is -2.18. The number of aromatic hydroxyl groups is 1. The Kier molecular flexibility index (Phi) is 4.13. The number of hydrogen-bond acceptors (Lipinski definition) is 8. The Morgan fingerprint density at radius 2 is 1.96 bits per heavy atom. The number of aliphatic hydroxyl groups is 1. The normalized spacial score (nSPS) is 15.7. The number of phenols is 1. The Morgan fingerprint density at radius 3 is 2.56 bits per heavy atom. The first kappa shape index (κ1) is 16.8. The van der Waals surface area contributed by atoms with Crippen molar-refractivity contribution in [2.75, 3.05) is 7.11 Å². The number of methoxy groups -OCH3 is 1. The van der Waals surface area contributed by atoms with Crippen LogP contribution in [0.4, 0.5) is 0 Å². The monoisotopic (exact) mass is 346 g/mol. The van der Waals surface area contributed by atoms with Gasteiger partial charge in [-0.25, -0.2) is 4.79 Å². The number of ketones is 1. The van der Waals surface area contributed by atoms with Crippen LogP contribution in [0.5, 0.6) is 11.5 Å². The van der Waals surface area contributed by atoms with E-state index in [0.717, 1.165) is 0 Å². The van der Waals surface area contributed by atoms with Gasteiger partial charge in [-0.05, 0) is 12.0 Å². The average Bonchev–Trinajstić information content (AvgIpc) is 2.99. The first-order valence-corrected chi connectivity index (χ1v) is 7.46. The number of phenolic OH excluding ortho intramolecular Hbond substituents is 1. The topological polar surface area (TPSA) is 131 Å². The summed E-state index contributed by atoms with van der Waals surface area (Å²) in [5, 5.41) is 20.3. The number of carbonyl (C=O) groups is 3. The summed E-state index contributed by atoms with van der Waals surface area (Å²) in [4.78, 5) is 46.4. The highest BCUT2D eigenvalue weighted by molar-refractivity contribution is 6.06. The first-order chi connectivity index (χ1) is 11.9. The van der Waals surface area contributed by atoms with Crippen LogP contribution in [0.2, 0.25) is 0 Å². The zero-order valence-electron chi connectivity index (χ0n) is 13.1. The summed E-state index contributed by atoms with van der Waals surface area (Å²) in [6.07, 6.45) is -0.909. The fraction of sp³-hybridized carbons (Fsp3) is 0.294. The van der Waals surface area contributed by atoms with Gasteiger partial charge in [0.05, 0.1) is 24.0 Å². The van der Waals surface area contributed by atoms with E-state index in [1.807, 2.05) is 0 Å². The van der Waals surface area contributed by atoms with E-state index in [9.17, 15) is 29.4 Å². The second-order valence-corrected chi connectivity index (χ2v) is 5.67. The van der Waals surface area contributed by atoms with Crippen LogP contribution >= 0.6 is 0 Å². The van der Waals surface area contributed by atoms with Gasteiger partial charge in [-0.2, -0.15) is 0 Å². The van der Waals surface area contributed by atoms with Crippen molar-refractivity contribution in [1.82, 2.24) is 0 Å². The fourth-order valence-electron chi connectivity index (χ4n) is 3.20. The minimum atomic E-state index is -1.74. The van der Waals surface area contributed by atoms with Gasteiger partial charge in [-0.15, -0.1) is 0 Å². The number of aldehydes is 2. The van der Waals surface area contributed by atoms with Gasteiger partial charge < -0.3 is 29.0 Å². The van der Waals surface area contributed by atoms with Crippen LogP contribution in [-0.2, 0) is 16.0 Å². The van der Waals surface area contributed by atoms with Gasteiger partial charge in [0.2, 0.25) is 0 Å². The molecule has 25 heavy (non-hydrogen) atoms. The van der Waals surface area contributed by atoms with Gasteiger partial charge in [-0.3, -0.25) is 4.79 Å². The van der Waals surface area contributed by atoms with Crippen molar-refractivity contribution in [2.24, 2.45) is 0 Å². The summed E-state index contributed by atoms with van der Waals surface area (Å²) >= 11 is 0. The molecule has 1 aromatic carbocycles. The molecule has 8 heteroatoms. The number of benzene rings is 1. The molecule has 130 valence electrons. The van der Waals surface area contributed by atoms with Crippen molar-refractivity contribution in [3.63, 3.8) is 0 Å². The maximum absolute atomic E-state index is 12.2. The smallest absolute Gasteiger partial charge is 0.347 e. The first-order valence-electron chi connectivity index (χ1n) is 7.46. The van der Waals surface area contributed by atoms with Crippen LogP contribution in [-0.4, -0.2) is 41.8 Å². The zero-order valence-corrected chi connectivity index (χ0v) is 13.1. The highest BCUT2D eigenvalue weighted by atomic mass is 16.5. The predicted octanol–water partition coefficient (Wildman–Crippen LogP) is 0.478. The summed E-state index contributed by atoms with van der Waals surface area (Å²) in [5.41, 5.74) is -0.970. The Balaban J connectivity index is 2.48. The van der Waals surface area contributed by atoms with Crippen molar-refractivity contribution in [1.29, 1.82) is 0 Å². The molecular formula is C17H14O8. The molecule has 0 bridgehead atoms. The molecule has 1 heterocycles. The minimum Gasteiger partial charge on any atom is -0.507 e. The summed E-state index contributed by atoms with van der Waals surface area (Å²) < 4.78 is 10.4. The van der Waals surface area contributed by atoms with E-state index in [2.05, 4.69) is 0 Å². The predicted molar refractivity (Wildman–Crippen MR) is 84.2 cm³/mol. The number of carbonyl (C=O) groups excluding carboxylic acids is 3.